The fraction of sp³-hybridized carbons (Fsp3) is 0.167. The Morgan fingerprint density at radius 3 is 2.63 bits per heavy atom. The highest BCUT2D eigenvalue weighted by molar-refractivity contribution is 5.96. The molecule has 0 spiro atoms. The normalized spacial score (nSPS) is 11.2. The predicted molar refractivity (Wildman–Crippen MR) is 122 cm³/mol. The highest BCUT2D eigenvalue weighted by Crippen LogP contribution is 2.29. The molecule has 1 amide bonds. The van der Waals surface area contributed by atoms with Crippen molar-refractivity contribution in [3.63, 3.8) is 0 Å². The molecule has 8 nitrogen and oxygen atoms in total. The van der Waals surface area contributed by atoms with E-state index in [0.717, 1.165) is 18.0 Å². The topological polar surface area (TPSA) is 94.0 Å². The number of carbonyl (C=O) groups is 1. The molecule has 4 aromatic rings. The number of anilines is 2. The van der Waals surface area contributed by atoms with Gasteiger partial charge in [0, 0.05) is 49.4 Å². The number of aryl methyl sites for hydroxylation is 1. The van der Waals surface area contributed by atoms with Crippen molar-refractivity contribution in [1.29, 1.82) is 0 Å². The number of benzene rings is 1. The largest absolute Gasteiger partial charge is 0.457 e. The third-order valence-electron chi connectivity index (χ3n) is 5.03. The SMILES string of the molecule is Cc1c(Oc2ccnc(Nc3cnn(C)c3)c2)cccc1C(=O)NCc1ccc(C(F)(F)F)nc1. The number of alkyl halides is 3. The van der Waals surface area contributed by atoms with E-state index in [4.69, 9.17) is 4.74 Å². The van der Waals surface area contributed by atoms with Gasteiger partial charge in [-0.3, -0.25) is 14.5 Å². The number of nitrogens with zero attached hydrogens (tertiary/aromatic N) is 4. The van der Waals surface area contributed by atoms with E-state index in [-0.39, 0.29) is 12.5 Å². The van der Waals surface area contributed by atoms with Gasteiger partial charge < -0.3 is 15.4 Å². The summed E-state index contributed by atoms with van der Waals surface area (Å²) >= 11 is 0. The number of nitrogens with one attached hydrogen (secondary N) is 2. The number of halogens is 3. The molecule has 2 N–H and O–H groups in total. The Labute approximate surface area is 198 Å². The van der Waals surface area contributed by atoms with Gasteiger partial charge >= 0.3 is 6.18 Å². The Morgan fingerprint density at radius 1 is 1.11 bits per heavy atom. The molecule has 4 rings (SSSR count). The number of pyridine rings is 2. The average Bonchev–Trinajstić information content (AvgIpc) is 3.23. The fourth-order valence-corrected chi connectivity index (χ4v) is 3.25. The van der Waals surface area contributed by atoms with Crippen LogP contribution in [0.3, 0.4) is 0 Å². The molecular weight excluding hydrogens is 461 g/mol. The maximum Gasteiger partial charge on any atom is 0.433 e. The third-order valence-corrected chi connectivity index (χ3v) is 5.03. The smallest absolute Gasteiger partial charge is 0.433 e. The lowest BCUT2D eigenvalue weighted by atomic mass is 10.1. The monoisotopic (exact) mass is 482 g/mol. The molecule has 11 heteroatoms. The van der Waals surface area contributed by atoms with E-state index in [1.54, 1.807) is 54.3 Å². The van der Waals surface area contributed by atoms with E-state index in [1.807, 2.05) is 13.2 Å². The molecule has 0 saturated carbocycles. The molecule has 0 aliphatic rings. The quantitative estimate of drug-likeness (QED) is 0.385. The zero-order valence-corrected chi connectivity index (χ0v) is 18.8. The lowest BCUT2D eigenvalue weighted by Gasteiger charge is -2.13. The van der Waals surface area contributed by atoms with E-state index in [0.29, 0.717) is 34.0 Å². The fourth-order valence-electron chi connectivity index (χ4n) is 3.25. The molecule has 0 bridgehead atoms. The lowest BCUT2D eigenvalue weighted by molar-refractivity contribution is -0.141. The van der Waals surface area contributed by atoms with E-state index in [9.17, 15) is 18.0 Å². The van der Waals surface area contributed by atoms with Crippen molar-refractivity contribution >= 4 is 17.4 Å². The van der Waals surface area contributed by atoms with Crippen molar-refractivity contribution in [2.45, 2.75) is 19.6 Å². The van der Waals surface area contributed by atoms with Gasteiger partial charge in [-0.05, 0) is 36.8 Å². The number of carbonyl (C=O) groups excluding carboxylic acids is 1. The van der Waals surface area contributed by atoms with Crippen molar-refractivity contribution < 1.29 is 22.7 Å². The van der Waals surface area contributed by atoms with Gasteiger partial charge in [-0.2, -0.15) is 18.3 Å². The zero-order chi connectivity index (χ0) is 25.0. The molecule has 1 aromatic carbocycles. The van der Waals surface area contributed by atoms with E-state index < -0.39 is 11.9 Å². The summed E-state index contributed by atoms with van der Waals surface area (Å²) in [4.78, 5) is 20.4. The Balaban J connectivity index is 1.43. The van der Waals surface area contributed by atoms with E-state index in [1.165, 1.54) is 6.07 Å². The highest BCUT2D eigenvalue weighted by atomic mass is 19.4. The first-order valence-electron chi connectivity index (χ1n) is 10.5. The van der Waals surface area contributed by atoms with Gasteiger partial charge in [-0.1, -0.05) is 12.1 Å². The van der Waals surface area contributed by atoms with Crippen molar-refractivity contribution in [1.82, 2.24) is 25.1 Å². The molecule has 0 fully saturated rings. The Morgan fingerprint density at radius 2 is 1.94 bits per heavy atom. The maximum atomic E-state index is 12.7. The lowest BCUT2D eigenvalue weighted by Crippen LogP contribution is -2.24. The number of aromatic nitrogens is 4. The van der Waals surface area contributed by atoms with Crippen LogP contribution in [0.1, 0.15) is 27.2 Å². The second-order valence-corrected chi connectivity index (χ2v) is 7.67. The summed E-state index contributed by atoms with van der Waals surface area (Å²) in [6.07, 6.45) is 1.65. The summed E-state index contributed by atoms with van der Waals surface area (Å²) in [6.45, 7) is 1.78. The number of ether oxygens (including phenoxy) is 1. The molecule has 0 radical (unpaired) electrons. The number of hydrogen-bond donors (Lipinski definition) is 2. The molecule has 3 heterocycles. The van der Waals surface area contributed by atoms with Crippen LogP contribution in [0.5, 0.6) is 11.5 Å². The van der Waals surface area contributed by atoms with E-state index in [2.05, 4.69) is 25.7 Å². The van der Waals surface area contributed by atoms with Crippen molar-refractivity contribution in [3.05, 3.63) is 89.6 Å². The molecular formula is C24H21F3N6O2. The average molecular weight is 482 g/mol. The first-order valence-corrected chi connectivity index (χ1v) is 10.5. The Bertz CT molecular complexity index is 1340. The second-order valence-electron chi connectivity index (χ2n) is 7.67. The molecule has 35 heavy (non-hydrogen) atoms. The van der Waals surface area contributed by atoms with Crippen molar-refractivity contribution in [2.24, 2.45) is 7.05 Å². The van der Waals surface area contributed by atoms with Gasteiger partial charge in [-0.15, -0.1) is 0 Å². The Hall–Kier alpha value is -4.41. The minimum atomic E-state index is -4.51. The first-order chi connectivity index (χ1) is 16.7. The van der Waals surface area contributed by atoms with Gasteiger partial charge in [0.1, 0.15) is 23.0 Å². The van der Waals surface area contributed by atoms with Crippen LogP contribution in [-0.2, 0) is 19.8 Å². The van der Waals surface area contributed by atoms with Gasteiger partial charge in [0.05, 0.1) is 11.9 Å². The summed E-state index contributed by atoms with van der Waals surface area (Å²) in [5.74, 6) is 1.17. The van der Waals surface area contributed by atoms with Crippen LogP contribution < -0.4 is 15.4 Å². The van der Waals surface area contributed by atoms with Crippen LogP contribution in [0, 0.1) is 6.92 Å². The Kier molecular flexibility index (Phi) is 6.67. The van der Waals surface area contributed by atoms with Crippen LogP contribution >= 0.6 is 0 Å². The van der Waals surface area contributed by atoms with Gasteiger partial charge in [-0.25, -0.2) is 4.98 Å². The highest BCUT2D eigenvalue weighted by Gasteiger charge is 2.32. The zero-order valence-electron chi connectivity index (χ0n) is 18.8. The molecule has 3 aromatic heterocycles. The summed E-state index contributed by atoms with van der Waals surface area (Å²) in [5.41, 5.74) is 1.22. The molecule has 180 valence electrons. The summed E-state index contributed by atoms with van der Waals surface area (Å²) < 4.78 is 45.6. The van der Waals surface area contributed by atoms with Crippen LogP contribution in [0.25, 0.3) is 0 Å². The van der Waals surface area contributed by atoms with Crippen molar-refractivity contribution in [2.75, 3.05) is 5.32 Å². The molecule has 0 saturated heterocycles. The van der Waals surface area contributed by atoms with Crippen LogP contribution in [0.15, 0.2) is 67.3 Å². The standard InChI is InChI=1S/C24H21F3N6O2/c1-15-19(23(34)30-12-16-6-7-21(29-11-16)24(25,26)27)4-3-5-20(15)35-18-8-9-28-22(10-18)32-17-13-31-33(2)14-17/h3-11,13-14H,12H2,1-2H3,(H,28,32)(H,30,34). The van der Waals surface area contributed by atoms with Gasteiger partial charge in [0.25, 0.3) is 5.91 Å². The van der Waals surface area contributed by atoms with Crippen LogP contribution in [0.4, 0.5) is 24.7 Å². The minimum absolute atomic E-state index is 0.0300. The molecule has 0 atom stereocenters. The summed E-state index contributed by atoms with van der Waals surface area (Å²) in [5, 5.41) is 9.93. The number of hydrogen-bond acceptors (Lipinski definition) is 6. The minimum Gasteiger partial charge on any atom is -0.457 e. The summed E-state index contributed by atoms with van der Waals surface area (Å²) in [6, 6.07) is 10.6. The molecule has 0 aliphatic carbocycles. The van der Waals surface area contributed by atoms with Gasteiger partial charge in [0.15, 0.2) is 0 Å². The van der Waals surface area contributed by atoms with E-state index >= 15 is 0 Å². The van der Waals surface area contributed by atoms with Gasteiger partial charge in [0.2, 0.25) is 0 Å². The maximum absolute atomic E-state index is 12.7. The third kappa shape index (κ3) is 5.94. The van der Waals surface area contributed by atoms with Crippen molar-refractivity contribution in [3.8, 4) is 11.5 Å². The molecule has 0 unspecified atom stereocenters. The predicted octanol–water partition coefficient (Wildman–Crippen LogP) is 5.00. The molecule has 0 aliphatic heterocycles. The van der Waals surface area contributed by atoms with Crippen LogP contribution in [0.2, 0.25) is 0 Å². The summed E-state index contributed by atoms with van der Waals surface area (Å²) in [7, 11) is 1.81. The second kappa shape index (κ2) is 9.84. The first kappa shape index (κ1) is 23.7. The van der Waals surface area contributed by atoms with Crippen LogP contribution in [-0.4, -0.2) is 25.7 Å². The number of amides is 1. The number of rotatable bonds is 7.